The normalized spacial score (nSPS) is 11.9. The van der Waals surface area contributed by atoms with E-state index in [4.69, 9.17) is 9.79 Å². The van der Waals surface area contributed by atoms with Crippen LogP contribution in [0.4, 0.5) is 0 Å². The minimum Gasteiger partial charge on any atom is -0.321 e. The summed E-state index contributed by atoms with van der Waals surface area (Å²) in [5.74, 6) is 0. The molecule has 1 aromatic carbocycles. The Morgan fingerprint density at radius 2 is 1.71 bits per heavy atom. The highest BCUT2D eigenvalue weighted by Crippen LogP contribution is 2.33. The van der Waals surface area contributed by atoms with Gasteiger partial charge < -0.3 is 9.79 Å². The quantitative estimate of drug-likeness (QED) is 0.667. The minimum absolute atomic E-state index is 0.0366. The number of hydrogen-bond donors (Lipinski definition) is 2. The van der Waals surface area contributed by atoms with Gasteiger partial charge in [-0.2, -0.15) is 0 Å². The monoisotopic (exact) mass is 210 g/mol. The van der Waals surface area contributed by atoms with Gasteiger partial charge in [0.2, 0.25) is 0 Å². The largest absolute Gasteiger partial charge is 0.356 e. The molecule has 0 spiro atoms. The zero-order valence-corrected chi connectivity index (χ0v) is 7.93. The first-order chi connectivity index (χ1) is 6.57. The third-order valence-electron chi connectivity index (χ3n) is 1.79. The lowest BCUT2D eigenvalue weighted by molar-refractivity contribution is 0.387. The van der Waals surface area contributed by atoms with Crippen LogP contribution < -0.4 is 5.30 Å². The van der Waals surface area contributed by atoms with Crippen molar-refractivity contribution in [1.82, 2.24) is 9.97 Å². The average molecular weight is 210 g/mol. The van der Waals surface area contributed by atoms with E-state index in [0.717, 1.165) is 0 Å². The van der Waals surface area contributed by atoms with Gasteiger partial charge in [-0.3, -0.25) is 14.5 Å². The molecule has 0 aliphatic carbocycles. The fraction of sp³-hybridized carbons (Fsp3) is 0. The van der Waals surface area contributed by atoms with Crippen molar-refractivity contribution in [2.24, 2.45) is 0 Å². The molecule has 0 saturated heterocycles. The third kappa shape index (κ3) is 1.65. The van der Waals surface area contributed by atoms with Gasteiger partial charge in [0, 0.05) is 12.4 Å². The summed E-state index contributed by atoms with van der Waals surface area (Å²) in [4.78, 5) is 25.8. The summed E-state index contributed by atoms with van der Waals surface area (Å²) in [7, 11) is -4.19. The van der Waals surface area contributed by atoms with Crippen LogP contribution >= 0.6 is 7.60 Å². The second-order valence-corrected chi connectivity index (χ2v) is 4.38. The predicted octanol–water partition coefficient (Wildman–Crippen LogP) is 0.433. The van der Waals surface area contributed by atoms with Crippen molar-refractivity contribution in [1.29, 1.82) is 0 Å². The summed E-state index contributed by atoms with van der Waals surface area (Å²) in [5, 5.41) is -0.0366. The highest BCUT2D eigenvalue weighted by molar-refractivity contribution is 7.60. The summed E-state index contributed by atoms with van der Waals surface area (Å²) in [6, 6.07) is 4.25. The molecular weight excluding hydrogens is 203 g/mol. The Bertz CT molecular complexity index is 523. The SMILES string of the molecule is O=P(O)(O)c1ccc2nccnc2c1. The van der Waals surface area contributed by atoms with Crippen LogP contribution in [0.25, 0.3) is 11.0 Å². The van der Waals surface area contributed by atoms with Gasteiger partial charge in [-0.15, -0.1) is 0 Å². The number of hydrogen-bond acceptors (Lipinski definition) is 3. The van der Waals surface area contributed by atoms with Crippen LogP contribution in [0.2, 0.25) is 0 Å². The summed E-state index contributed by atoms with van der Waals surface area (Å²) in [6.45, 7) is 0. The summed E-state index contributed by atoms with van der Waals surface area (Å²) in [6.07, 6.45) is 3.01. The first-order valence-corrected chi connectivity index (χ1v) is 5.45. The van der Waals surface area contributed by atoms with Crippen molar-refractivity contribution in [3.63, 3.8) is 0 Å². The van der Waals surface area contributed by atoms with Gasteiger partial charge in [0.25, 0.3) is 0 Å². The van der Waals surface area contributed by atoms with Gasteiger partial charge >= 0.3 is 7.60 Å². The van der Waals surface area contributed by atoms with E-state index >= 15 is 0 Å². The first kappa shape index (κ1) is 9.27. The van der Waals surface area contributed by atoms with E-state index in [1.165, 1.54) is 30.6 Å². The van der Waals surface area contributed by atoms with E-state index in [-0.39, 0.29) is 5.30 Å². The van der Waals surface area contributed by atoms with E-state index in [2.05, 4.69) is 9.97 Å². The van der Waals surface area contributed by atoms with Gasteiger partial charge in [0.15, 0.2) is 0 Å². The average Bonchev–Trinajstić information content (AvgIpc) is 2.16. The Morgan fingerprint density at radius 1 is 1.07 bits per heavy atom. The lowest BCUT2D eigenvalue weighted by Gasteiger charge is -2.03. The molecule has 0 aliphatic rings. The molecule has 1 aromatic heterocycles. The fourth-order valence-corrected chi connectivity index (χ4v) is 1.69. The van der Waals surface area contributed by atoms with Crippen LogP contribution in [-0.2, 0) is 4.57 Å². The number of nitrogens with zero attached hydrogens (tertiary/aromatic N) is 2. The molecule has 2 aromatic rings. The molecule has 0 saturated carbocycles. The maximum absolute atomic E-state index is 10.9. The molecule has 0 unspecified atom stereocenters. The third-order valence-corrected chi connectivity index (χ3v) is 2.74. The molecule has 14 heavy (non-hydrogen) atoms. The van der Waals surface area contributed by atoms with Crippen molar-refractivity contribution in [2.45, 2.75) is 0 Å². The number of rotatable bonds is 1. The van der Waals surface area contributed by atoms with Gasteiger partial charge in [-0.25, -0.2) is 0 Å². The van der Waals surface area contributed by atoms with Crippen LogP contribution in [-0.4, -0.2) is 19.8 Å². The Morgan fingerprint density at radius 3 is 2.36 bits per heavy atom. The molecule has 5 nitrogen and oxygen atoms in total. The second kappa shape index (κ2) is 3.13. The minimum atomic E-state index is -4.19. The maximum Gasteiger partial charge on any atom is 0.356 e. The fourth-order valence-electron chi connectivity index (χ4n) is 1.13. The second-order valence-electron chi connectivity index (χ2n) is 2.77. The number of aromatic nitrogens is 2. The molecule has 0 amide bonds. The standard InChI is InChI=1S/C8H7N2O3P/c11-14(12,13)6-1-2-7-8(5-6)10-4-3-9-7/h1-5H,(H2,11,12,13). The Kier molecular flexibility index (Phi) is 2.07. The maximum atomic E-state index is 10.9. The highest BCUT2D eigenvalue weighted by atomic mass is 31.2. The van der Waals surface area contributed by atoms with E-state index in [9.17, 15) is 4.57 Å². The number of fused-ring (bicyclic) bond motifs is 1. The Labute approximate surface area is 79.6 Å². The summed E-state index contributed by atoms with van der Waals surface area (Å²) in [5.41, 5.74) is 1.10. The summed E-state index contributed by atoms with van der Waals surface area (Å²) >= 11 is 0. The van der Waals surface area contributed by atoms with E-state index in [0.29, 0.717) is 11.0 Å². The van der Waals surface area contributed by atoms with Crippen molar-refractivity contribution < 1.29 is 14.4 Å². The molecular formula is C8H7N2O3P. The van der Waals surface area contributed by atoms with Crippen LogP contribution in [0.15, 0.2) is 30.6 Å². The Hall–Kier alpha value is -1.29. The molecule has 0 atom stereocenters. The van der Waals surface area contributed by atoms with E-state index in [1.54, 1.807) is 0 Å². The van der Waals surface area contributed by atoms with Gasteiger partial charge in [0.1, 0.15) is 0 Å². The smallest absolute Gasteiger partial charge is 0.321 e. The molecule has 1 heterocycles. The molecule has 2 N–H and O–H groups in total. The molecule has 72 valence electrons. The molecule has 6 heteroatoms. The highest BCUT2D eigenvalue weighted by Gasteiger charge is 2.17. The van der Waals surface area contributed by atoms with Crippen LogP contribution in [0.3, 0.4) is 0 Å². The van der Waals surface area contributed by atoms with E-state index < -0.39 is 7.60 Å². The summed E-state index contributed by atoms with van der Waals surface area (Å²) < 4.78 is 10.9. The van der Waals surface area contributed by atoms with Crippen LogP contribution in [0.5, 0.6) is 0 Å². The molecule has 0 bridgehead atoms. The first-order valence-electron chi connectivity index (χ1n) is 3.84. The van der Waals surface area contributed by atoms with Crippen molar-refractivity contribution in [3.8, 4) is 0 Å². The van der Waals surface area contributed by atoms with Gasteiger partial charge in [-0.05, 0) is 18.2 Å². The molecule has 0 radical (unpaired) electrons. The molecule has 0 fully saturated rings. The van der Waals surface area contributed by atoms with Crippen molar-refractivity contribution in [2.75, 3.05) is 0 Å². The molecule has 2 rings (SSSR count). The topological polar surface area (TPSA) is 83.3 Å². The lowest BCUT2D eigenvalue weighted by atomic mass is 10.3. The van der Waals surface area contributed by atoms with E-state index in [1.807, 2.05) is 0 Å². The predicted molar refractivity (Wildman–Crippen MR) is 51.2 cm³/mol. The van der Waals surface area contributed by atoms with Crippen LogP contribution in [0.1, 0.15) is 0 Å². The zero-order valence-electron chi connectivity index (χ0n) is 7.03. The van der Waals surface area contributed by atoms with Crippen LogP contribution in [0, 0.1) is 0 Å². The molecule has 0 aliphatic heterocycles. The Balaban J connectivity index is 2.69. The van der Waals surface area contributed by atoms with Gasteiger partial charge in [0.05, 0.1) is 16.3 Å². The lowest BCUT2D eigenvalue weighted by Crippen LogP contribution is -2.03. The zero-order chi connectivity index (χ0) is 10.2. The number of benzene rings is 1. The van der Waals surface area contributed by atoms with Crippen molar-refractivity contribution in [3.05, 3.63) is 30.6 Å². The van der Waals surface area contributed by atoms with Crippen molar-refractivity contribution >= 4 is 23.9 Å². The van der Waals surface area contributed by atoms with Gasteiger partial charge in [-0.1, -0.05) is 0 Å².